The zero-order valence-corrected chi connectivity index (χ0v) is 7.27. The fourth-order valence-electron chi connectivity index (χ4n) is 1.63. The standard InChI is InChI=1S/C9H13N3/c1-8-4-12(5-8)6-9-2-10-7-11-3-9/h2-3,7-8H,4-6H2,1H3. The fraction of sp³-hybridized carbons (Fsp3) is 0.556. The average molecular weight is 163 g/mol. The van der Waals surface area contributed by atoms with Crippen molar-refractivity contribution < 1.29 is 0 Å². The molecule has 0 bridgehead atoms. The topological polar surface area (TPSA) is 29.0 Å². The Morgan fingerprint density at radius 1 is 1.42 bits per heavy atom. The van der Waals surface area contributed by atoms with E-state index in [1.54, 1.807) is 6.33 Å². The lowest BCUT2D eigenvalue weighted by Crippen LogP contribution is -2.44. The van der Waals surface area contributed by atoms with Gasteiger partial charge < -0.3 is 0 Å². The fourth-order valence-corrected chi connectivity index (χ4v) is 1.63. The Bertz CT molecular complexity index is 241. The van der Waals surface area contributed by atoms with Gasteiger partial charge in [0.2, 0.25) is 0 Å². The highest BCUT2D eigenvalue weighted by atomic mass is 15.2. The van der Waals surface area contributed by atoms with E-state index in [1.807, 2.05) is 12.4 Å². The van der Waals surface area contributed by atoms with E-state index >= 15 is 0 Å². The first kappa shape index (κ1) is 7.68. The smallest absolute Gasteiger partial charge is 0.115 e. The first-order chi connectivity index (χ1) is 5.84. The molecule has 1 aliphatic rings. The summed E-state index contributed by atoms with van der Waals surface area (Å²) in [5.41, 5.74) is 1.21. The van der Waals surface area contributed by atoms with Gasteiger partial charge in [0.15, 0.2) is 0 Å². The van der Waals surface area contributed by atoms with E-state index in [2.05, 4.69) is 21.8 Å². The lowest BCUT2D eigenvalue weighted by molar-refractivity contribution is 0.104. The molecular formula is C9H13N3. The van der Waals surface area contributed by atoms with Gasteiger partial charge in [-0.2, -0.15) is 0 Å². The average Bonchev–Trinajstić information content (AvgIpc) is 2.04. The molecule has 1 saturated heterocycles. The number of likely N-dealkylation sites (tertiary alicyclic amines) is 1. The van der Waals surface area contributed by atoms with Crippen molar-refractivity contribution in [2.24, 2.45) is 5.92 Å². The first-order valence-electron chi connectivity index (χ1n) is 4.31. The van der Waals surface area contributed by atoms with Crippen LogP contribution in [0.25, 0.3) is 0 Å². The van der Waals surface area contributed by atoms with Crippen molar-refractivity contribution in [3.8, 4) is 0 Å². The van der Waals surface area contributed by atoms with Crippen molar-refractivity contribution in [3.63, 3.8) is 0 Å². The molecule has 0 N–H and O–H groups in total. The van der Waals surface area contributed by atoms with Crippen molar-refractivity contribution in [3.05, 3.63) is 24.3 Å². The third-order valence-electron chi connectivity index (χ3n) is 2.16. The Balaban J connectivity index is 1.88. The monoisotopic (exact) mass is 163 g/mol. The second-order valence-corrected chi connectivity index (χ2v) is 3.55. The summed E-state index contributed by atoms with van der Waals surface area (Å²) >= 11 is 0. The van der Waals surface area contributed by atoms with Gasteiger partial charge >= 0.3 is 0 Å². The minimum absolute atomic E-state index is 0.870. The van der Waals surface area contributed by atoms with Crippen LogP contribution in [0.3, 0.4) is 0 Å². The molecule has 1 aliphatic heterocycles. The van der Waals surface area contributed by atoms with Crippen molar-refractivity contribution in [1.82, 2.24) is 14.9 Å². The molecule has 0 aliphatic carbocycles. The minimum Gasteiger partial charge on any atom is -0.298 e. The SMILES string of the molecule is CC1CN(Cc2cncnc2)C1. The molecule has 1 fully saturated rings. The lowest BCUT2D eigenvalue weighted by atomic mass is 10.0. The summed E-state index contributed by atoms with van der Waals surface area (Å²) in [5.74, 6) is 0.870. The summed E-state index contributed by atoms with van der Waals surface area (Å²) in [6.45, 7) is 5.72. The molecule has 1 aromatic rings. The Labute approximate surface area is 72.4 Å². The number of aromatic nitrogens is 2. The van der Waals surface area contributed by atoms with Gasteiger partial charge in [-0.05, 0) is 5.92 Å². The quantitative estimate of drug-likeness (QED) is 0.649. The second kappa shape index (κ2) is 3.19. The molecule has 0 aromatic carbocycles. The summed E-state index contributed by atoms with van der Waals surface area (Å²) in [5, 5.41) is 0. The summed E-state index contributed by atoms with van der Waals surface area (Å²) in [6.07, 6.45) is 5.34. The predicted molar refractivity (Wildman–Crippen MR) is 46.5 cm³/mol. The molecule has 3 nitrogen and oxygen atoms in total. The molecule has 0 atom stereocenters. The van der Waals surface area contributed by atoms with E-state index in [4.69, 9.17) is 0 Å². The highest BCUT2D eigenvalue weighted by molar-refractivity contribution is 5.02. The summed E-state index contributed by atoms with van der Waals surface area (Å²) in [7, 11) is 0. The highest BCUT2D eigenvalue weighted by Crippen LogP contribution is 2.16. The molecule has 12 heavy (non-hydrogen) atoms. The van der Waals surface area contributed by atoms with E-state index < -0.39 is 0 Å². The maximum atomic E-state index is 3.98. The molecule has 0 spiro atoms. The molecule has 0 radical (unpaired) electrons. The maximum Gasteiger partial charge on any atom is 0.115 e. The Kier molecular flexibility index (Phi) is 2.04. The van der Waals surface area contributed by atoms with E-state index in [0.717, 1.165) is 12.5 Å². The van der Waals surface area contributed by atoms with Gasteiger partial charge in [-0.25, -0.2) is 9.97 Å². The van der Waals surface area contributed by atoms with Crippen LogP contribution in [0.15, 0.2) is 18.7 Å². The highest BCUT2D eigenvalue weighted by Gasteiger charge is 2.21. The number of rotatable bonds is 2. The molecular weight excluding hydrogens is 150 g/mol. The summed E-state index contributed by atoms with van der Waals surface area (Å²) < 4.78 is 0. The van der Waals surface area contributed by atoms with Crippen LogP contribution >= 0.6 is 0 Å². The van der Waals surface area contributed by atoms with E-state index in [0.29, 0.717) is 0 Å². The third-order valence-corrected chi connectivity index (χ3v) is 2.16. The molecule has 2 heterocycles. The minimum atomic E-state index is 0.870. The zero-order chi connectivity index (χ0) is 8.39. The van der Waals surface area contributed by atoms with Gasteiger partial charge in [0.05, 0.1) is 0 Å². The van der Waals surface area contributed by atoms with Crippen LogP contribution in [0.4, 0.5) is 0 Å². The third kappa shape index (κ3) is 1.61. The first-order valence-corrected chi connectivity index (χ1v) is 4.31. The molecule has 0 saturated carbocycles. The van der Waals surface area contributed by atoms with Crippen molar-refractivity contribution in [2.75, 3.05) is 13.1 Å². The molecule has 2 rings (SSSR count). The summed E-state index contributed by atoms with van der Waals surface area (Å²) in [4.78, 5) is 10.4. The summed E-state index contributed by atoms with van der Waals surface area (Å²) in [6, 6.07) is 0. The van der Waals surface area contributed by atoms with E-state index in [1.165, 1.54) is 18.7 Å². The van der Waals surface area contributed by atoms with Gasteiger partial charge in [-0.1, -0.05) is 6.92 Å². The van der Waals surface area contributed by atoms with Crippen molar-refractivity contribution in [2.45, 2.75) is 13.5 Å². The van der Waals surface area contributed by atoms with E-state index in [-0.39, 0.29) is 0 Å². The Hall–Kier alpha value is -0.960. The van der Waals surface area contributed by atoms with Crippen LogP contribution in [-0.2, 0) is 6.54 Å². The molecule has 3 heteroatoms. The van der Waals surface area contributed by atoms with Crippen LogP contribution < -0.4 is 0 Å². The normalized spacial score (nSPS) is 19.1. The molecule has 1 aromatic heterocycles. The molecule has 64 valence electrons. The number of hydrogen-bond donors (Lipinski definition) is 0. The van der Waals surface area contributed by atoms with Gasteiger partial charge in [0, 0.05) is 37.6 Å². The molecule has 0 unspecified atom stereocenters. The Morgan fingerprint density at radius 2 is 2.08 bits per heavy atom. The van der Waals surface area contributed by atoms with Crippen LogP contribution in [-0.4, -0.2) is 28.0 Å². The van der Waals surface area contributed by atoms with Gasteiger partial charge in [-0.3, -0.25) is 4.90 Å². The van der Waals surface area contributed by atoms with Gasteiger partial charge in [0.25, 0.3) is 0 Å². The van der Waals surface area contributed by atoms with Crippen LogP contribution in [0, 0.1) is 5.92 Å². The van der Waals surface area contributed by atoms with Gasteiger partial charge in [-0.15, -0.1) is 0 Å². The predicted octanol–water partition coefficient (Wildman–Crippen LogP) is 0.928. The Morgan fingerprint density at radius 3 is 2.67 bits per heavy atom. The number of hydrogen-bond acceptors (Lipinski definition) is 3. The zero-order valence-electron chi connectivity index (χ0n) is 7.27. The van der Waals surface area contributed by atoms with Crippen molar-refractivity contribution in [1.29, 1.82) is 0 Å². The maximum absolute atomic E-state index is 3.98. The molecule has 0 amide bonds. The van der Waals surface area contributed by atoms with E-state index in [9.17, 15) is 0 Å². The van der Waals surface area contributed by atoms with Crippen molar-refractivity contribution >= 4 is 0 Å². The number of nitrogens with zero attached hydrogens (tertiary/aromatic N) is 3. The second-order valence-electron chi connectivity index (χ2n) is 3.55. The lowest BCUT2D eigenvalue weighted by Gasteiger charge is -2.36. The van der Waals surface area contributed by atoms with Crippen LogP contribution in [0.5, 0.6) is 0 Å². The van der Waals surface area contributed by atoms with Crippen LogP contribution in [0.1, 0.15) is 12.5 Å². The van der Waals surface area contributed by atoms with Crippen LogP contribution in [0.2, 0.25) is 0 Å². The van der Waals surface area contributed by atoms with Gasteiger partial charge in [0.1, 0.15) is 6.33 Å². The largest absolute Gasteiger partial charge is 0.298 e.